The maximum absolute atomic E-state index is 8.97. The molecular formula is C13H13N3O2. The van der Waals surface area contributed by atoms with E-state index in [-0.39, 0.29) is 0 Å². The second kappa shape index (κ2) is 4.66. The van der Waals surface area contributed by atoms with E-state index in [9.17, 15) is 0 Å². The summed E-state index contributed by atoms with van der Waals surface area (Å²) >= 11 is 0. The largest absolute Gasteiger partial charge is 0.361 e. The third-order valence-corrected chi connectivity index (χ3v) is 3.22. The van der Waals surface area contributed by atoms with Crippen molar-refractivity contribution >= 4 is 5.69 Å². The molecule has 0 bridgehead atoms. The fraction of sp³-hybridized carbons (Fsp3) is 0.385. The predicted molar refractivity (Wildman–Crippen MR) is 64.8 cm³/mol. The highest BCUT2D eigenvalue weighted by Crippen LogP contribution is 2.31. The summed E-state index contributed by atoms with van der Waals surface area (Å²) in [5.74, 6) is -0.555. The molecule has 1 heterocycles. The van der Waals surface area contributed by atoms with Crippen molar-refractivity contribution in [1.29, 1.82) is 10.5 Å². The Morgan fingerprint density at radius 2 is 1.72 bits per heavy atom. The third kappa shape index (κ3) is 1.91. The second-order valence-corrected chi connectivity index (χ2v) is 4.13. The van der Waals surface area contributed by atoms with Crippen molar-refractivity contribution in [2.75, 3.05) is 32.2 Å². The Morgan fingerprint density at radius 3 is 2.22 bits per heavy atom. The summed E-state index contributed by atoms with van der Waals surface area (Å²) in [6.45, 7) is 1.22. The van der Waals surface area contributed by atoms with Gasteiger partial charge < -0.3 is 14.4 Å². The van der Waals surface area contributed by atoms with Crippen LogP contribution >= 0.6 is 0 Å². The van der Waals surface area contributed by atoms with Gasteiger partial charge in [-0.2, -0.15) is 10.5 Å². The number of rotatable bonds is 3. The van der Waals surface area contributed by atoms with Crippen LogP contribution in [0, 0.1) is 22.7 Å². The number of nitriles is 2. The highest BCUT2D eigenvalue weighted by molar-refractivity contribution is 5.59. The quantitative estimate of drug-likeness (QED) is 0.747. The lowest BCUT2D eigenvalue weighted by atomic mass is 10.0. The van der Waals surface area contributed by atoms with Crippen LogP contribution in [0.15, 0.2) is 18.2 Å². The molecule has 0 unspecified atom stereocenters. The first kappa shape index (κ1) is 12.4. The lowest BCUT2D eigenvalue weighted by Crippen LogP contribution is -2.64. The SMILES string of the molecule is COC1(OC)CN(c2ccc(C#N)c(C#N)c2)C1. The van der Waals surface area contributed by atoms with Crippen LogP contribution in [-0.2, 0) is 9.47 Å². The van der Waals surface area contributed by atoms with Gasteiger partial charge in [0, 0.05) is 19.9 Å². The van der Waals surface area contributed by atoms with E-state index in [4.69, 9.17) is 20.0 Å². The zero-order valence-corrected chi connectivity index (χ0v) is 10.3. The molecule has 0 aromatic heterocycles. The van der Waals surface area contributed by atoms with Gasteiger partial charge in [0.2, 0.25) is 5.79 Å². The van der Waals surface area contributed by atoms with E-state index in [0.717, 1.165) is 5.69 Å². The standard InChI is InChI=1S/C13H13N3O2/c1-17-13(18-2)8-16(9-13)12-4-3-10(6-14)11(5-12)7-15/h3-5H,8-9H2,1-2H3. The van der Waals surface area contributed by atoms with Crippen molar-refractivity contribution in [1.82, 2.24) is 0 Å². The summed E-state index contributed by atoms with van der Waals surface area (Å²) in [5.41, 5.74) is 1.68. The van der Waals surface area contributed by atoms with Gasteiger partial charge in [-0.15, -0.1) is 0 Å². The van der Waals surface area contributed by atoms with Gasteiger partial charge in [-0.1, -0.05) is 0 Å². The minimum Gasteiger partial charge on any atom is -0.361 e. The van der Waals surface area contributed by atoms with E-state index in [1.807, 2.05) is 23.1 Å². The molecular weight excluding hydrogens is 230 g/mol. The number of hydrogen-bond acceptors (Lipinski definition) is 5. The second-order valence-electron chi connectivity index (χ2n) is 4.13. The first-order valence-corrected chi connectivity index (χ1v) is 5.47. The molecule has 1 aromatic carbocycles. The zero-order valence-electron chi connectivity index (χ0n) is 10.3. The Bertz CT molecular complexity index is 530. The summed E-state index contributed by atoms with van der Waals surface area (Å²) in [4.78, 5) is 2.04. The normalized spacial score (nSPS) is 16.6. The molecule has 5 heteroatoms. The van der Waals surface area contributed by atoms with Crippen LogP contribution in [0.4, 0.5) is 5.69 Å². The third-order valence-electron chi connectivity index (χ3n) is 3.22. The van der Waals surface area contributed by atoms with E-state index < -0.39 is 5.79 Å². The molecule has 5 nitrogen and oxygen atoms in total. The molecule has 0 saturated carbocycles. The minimum atomic E-state index is -0.555. The maximum Gasteiger partial charge on any atom is 0.203 e. The van der Waals surface area contributed by atoms with Gasteiger partial charge in [-0.3, -0.25) is 0 Å². The lowest BCUT2D eigenvalue weighted by Gasteiger charge is -2.48. The Hall–Kier alpha value is -2.08. The molecule has 0 atom stereocenters. The number of nitrogens with zero attached hydrogens (tertiary/aromatic N) is 3. The molecule has 1 aliphatic rings. The molecule has 18 heavy (non-hydrogen) atoms. The maximum atomic E-state index is 8.97. The van der Waals surface area contributed by atoms with Crippen LogP contribution in [-0.4, -0.2) is 33.1 Å². The Balaban J connectivity index is 2.19. The molecule has 92 valence electrons. The van der Waals surface area contributed by atoms with Crippen LogP contribution in [0.5, 0.6) is 0 Å². The van der Waals surface area contributed by atoms with Gasteiger partial charge in [0.05, 0.1) is 24.2 Å². The van der Waals surface area contributed by atoms with Crippen molar-refractivity contribution in [3.8, 4) is 12.1 Å². The average molecular weight is 243 g/mol. The van der Waals surface area contributed by atoms with Crippen LogP contribution in [0.3, 0.4) is 0 Å². The lowest BCUT2D eigenvalue weighted by molar-refractivity contribution is -0.219. The Labute approximate surface area is 106 Å². The predicted octanol–water partition coefficient (Wildman–Crippen LogP) is 1.24. The van der Waals surface area contributed by atoms with Crippen LogP contribution in [0.25, 0.3) is 0 Å². The molecule has 0 N–H and O–H groups in total. The number of methoxy groups -OCH3 is 2. The molecule has 1 aliphatic heterocycles. The van der Waals surface area contributed by atoms with E-state index in [1.54, 1.807) is 26.4 Å². The van der Waals surface area contributed by atoms with Gasteiger partial charge in [-0.05, 0) is 18.2 Å². The summed E-state index contributed by atoms with van der Waals surface area (Å²) in [5, 5.41) is 17.8. The highest BCUT2D eigenvalue weighted by atomic mass is 16.7. The fourth-order valence-electron chi connectivity index (χ4n) is 1.98. The molecule has 0 amide bonds. The molecule has 0 aliphatic carbocycles. The number of benzene rings is 1. The first-order chi connectivity index (χ1) is 8.68. The summed E-state index contributed by atoms with van der Waals surface area (Å²) in [7, 11) is 3.22. The van der Waals surface area contributed by atoms with Gasteiger partial charge >= 0.3 is 0 Å². The molecule has 2 rings (SSSR count). The van der Waals surface area contributed by atoms with Gasteiger partial charge in [0.1, 0.15) is 12.1 Å². The van der Waals surface area contributed by atoms with Gasteiger partial charge in [0.25, 0.3) is 0 Å². The van der Waals surface area contributed by atoms with Crippen molar-refractivity contribution in [2.45, 2.75) is 5.79 Å². The van der Waals surface area contributed by atoms with E-state index in [2.05, 4.69) is 0 Å². The first-order valence-electron chi connectivity index (χ1n) is 5.47. The highest BCUT2D eigenvalue weighted by Gasteiger charge is 2.44. The van der Waals surface area contributed by atoms with Crippen LogP contribution in [0.2, 0.25) is 0 Å². The Kier molecular flexibility index (Phi) is 3.20. The van der Waals surface area contributed by atoms with Crippen LogP contribution < -0.4 is 4.90 Å². The molecule has 0 radical (unpaired) electrons. The molecule has 1 aromatic rings. The summed E-state index contributed by atoms with van der Waals surface area (Å²) in [6.07, 6.45) is 0. The fourth-order valence-corrected chi connectivity index (χ4v) is 1.98. The monoisotopic (exact) mass is 243 g/mol. The van der Waals surface area contributed by atoms with Gasteiger partial charge in [0.15, 0.2) is 0 Å². The van der Waals surface area contributed by atoms with Crippen molar-refractivity contribution in [3.05, 3.63) is 29.3 Å². The number of hydrogen-bond donors (Lipinski definition) is 0. The molecule has 0 spiro atoms. The van der Waals surface area contributed by atoms with E-state index >= 15 is 0 Å². The van der Waals surface area contributed by atoms with Gasteiger partial charge in [-0.25, -0.2) is 0 Å². The van der Waals surface area contributed by atoms with Crippen molar-refractivity contribution < 1.29 is 9.47 Å². The number of ether oxygens (including phenoxy) is 2. The van der Waals surface area contributed by atoms with Crippen LogP contribution in [0.1, 0.15) is 11.1 Å². The topological polar surface area (TPSA) is 69.3 Å². The Morgan fingerprint density at radius 1 is 1.11 bits per heavy atom. The van der Waals surface area contributed by atoms with Crippen molar-refractivity contribution in [3.63, 3.8) is 0 Å². The number of anilines is 1. The summed E-state index contributed by atoms with van der Waals surface area (Å²) in [6, 6.07) is 9.23. The van der Waals surface area contributed by atoms with E-state index in [1.165, 1.54) is 0 Å². The smallest absolute Gasteiger partial charge is 0.203 e. The molecule has 1 saturated heterocycles. The average Bonchev–Trinajstić information content (AvgIpc) is 2.38. The van der Waals surface area contributed by atoms with Crippen molar-refractivity contribution in [2.24, 2.45) is 0 Å². The summed E-state index contributed by atoms with van der Waals surface area (Å²) < 4.78 is 10.6. The molecule has 1 fully saturated rings. The minimum absolute atomic E-state index is 0.391. The zero-order chi connectivity index (χ0) is 13.2. The van der Waals surface area contributed by atoms with E-state index in [0.29, 0.717) is 24.2 Å².